The molecule has 3 rings (SSSR count). The molecule has 8 nitrogen and oxygen atoms in total. The highest BCUT2D eigenvalue weighted by molar-refractivity contribution is 7.89. The van der Waals surface area contributed by atoms with Crippen LogP contribution in [0.15, 0.2) is 54.5 Å². The van der Waals surface area contributed by atoms with Crippen LogP contribution in [0.3, 0.4) is 0 Å². The van der Waals surface area contributed by atoms with Gasteiger partial charge in [-0.1, -0.05) is 19.1 Å². The number of sulfonamides is 1. The molecule has 2 heterocycles. The van der Waals surface area contributed by atoms with Crippen molar-refractivity contribution in [2.45, 2.75) is 24.8 Å². The third-order valence-electron chi connectivity index (χ3n) is 5.85. The Labute approximate surface area is 211 Å². The van der Waals surface area contributed by atoms with Crippen LogP contribution in [0.4, 0.5) is 5.00 Å². The number of rotatable bonds is 10. The summed E-state index contributed by atoms with van der Waals surface area (Å²) >= 11 is 1.43. The maximum atomic E-state index is 13.1. The van der Waals surface area contributed by atoms with Gasteiger partial charge < -0.3 is 10.2 Å². The van der Waals surface area contributed by atoms with Crippen LogP contribution in [-0.2, 0) is 23.0 Å². The Hall–Kier alpha value is -2.79. The molecule has 0 radical (unpaired) electrons. The molecule has 0 saturated carbocycles. The molecule has 0 spiro atoms. The van der Waals surface area contributed by atoms with E-state index < -0.39 is 15.9 Å². The molecule has 0 bridgehead atoms. The van der Waals surface area contributed by atoms with E-state index in [4.69, 9.17) is 0 Å². The van der Waals surface area contributed by atoms with Gasteiger partial charge in [-0.05, 0) is 42.8 Å². The number of hydrogen-bond donors (Lipinski definition) is 1. The van der Waals surface area contributed by atoms with E-state index in [1.165, 1.54) is 57.0 Å². The van der Waals surface area contributed by atoms with Crippen LogP contribution >= 0.6 is 11.3 Å². The number of amides is 2. The molecule has 10 heteroatoms. The normalized spacial score (nSPS) is 13.8. The lowest BCUT2D eigenvalue weighted by atomic mass is 10.0. The van der Waals surface area contributed by atoms with Crippen molar-refractivity contribution in [3.8, 4) is 0 Å². The van der Waals surface area contributed by atoms with Crippen molar-refractivity contribution in [2.24, 2.45) is 0 Å². The highest BCUT2D eigenvalue weighted by Crippen LogP contribution is 2.38. The second-order valence-electron chi connectivity index (χ2n) is 8.40. The van der Waals surface area contributed by atoms with E-state index in [-0.39, 0.29) is 23.9 Å². The van der Waals surface area contributed by atoms with Gasteiger partial charge in [0.25, 0.3) is 11.8 Å². The fraction of sp³-hybridized carbons (Fsp3) is 0.360. The maximum Gasteiger partial charge on any atom is 0.256 e. The zero-order valence-electron chi connectivity index (χ0n) is 20.4. The molecule has 1 N–H and O–H groups in total. The van der Waals surface area contributed by atoms with E-state index in [9.17, 15) is 18.0 Å². The van der Waals surface area contributed by atoms with Gasteiger partial charge in [0, 0.05) is 50.7 Å². The van der Waals surface area contributed by atoms with Crippen LogP contribution in [0.2, 0.25) is 0 Å². The van der Waals surface area contributed by atoms with Gasteiger partial charge in [-0.25, -0.2) is 8.42 Å². The molecule has 2 amide bonds. The van der Waals surface area contributed by atoms with Crippen molar-refractivity contribution >= 4 is 38.2 Å². The Morgan fingerprint density at radius 2 is 1.77 bits per heavy atom. The minimum Gasteiger partial charge on any atom is -0.345 e. The molecular weight excluding hydrogens is 484 g/mol. The van der Waals surface area contributed by atoms with Gasteiger partial charge in [0.1, 0.15) is 5.00 Å². The first-order chi connectivity index (χ1) is 16.6. The molecule has 0 fully saturated rings. The molecule has 1 aliphatic heterocycles. The largest absolute Gasteiger partial charge is 0.345 e. The summed E-state index contributed by atoms with van der Waals surface area (Å²) in [6.07, 6.45) is 3.77. The molecule has 1 aliphatic rings. The number of carbonyl (C=O) groups is 2. The Kier molecular flexibility index (Phi) is 8.65. The SMILES string of the molecule is C=CCN(CC=C)S(=O)(=O)c1ccc(C(=O)Nc2sc3c(c2C(=O)N(C)C)CCN(CC)C3)cc1. The monoisotopic (exact) mass is 516 g/mol. The molecule has 1 aromatic carbocycles. The van der Waals surface area contributed by atoms with Gasteiger partial charge in [0.05, 0.1) is 10.5 Å². The van der Waals surface area contributed by atoms with E-state index in [0.29, 0.717) is 16.1 Å². The summed E-state index contributed by atoms with van der Waals surface area (Å²) in [5.74, 6) is -0.546. The van der Waals surface area contributed by atoms with E-state index in [0.717, 1.165) is 36.5 Å². The van der Waals surface area contributed by atoms with Crippen molar-refractivity contribution < 1.29 is 18.0 Å². The summed E-state index contributed by atoms with van der Waals surface area (Å²) < 4.78 is 27.1. The molecule has 0 atom stereocenters. The lowest BCUT2D eigenvalue weighted by molar-refractivity contribution is 0.0827. The highest BCUT2D eigenvalue weighted by Gasteiger charge is 2.29. The average Bonchev–Trinajstić information content (AvgIpc) is 3.19. The minimum atomic E-state index is -3.76. The number of carbonyl (C=O) groups excluding carboxylic acids is 2. The Morgan fingerprint density at radius 1 is 1.14 bits per heavy atom. The summed E-state index contributed by atoms with van der Waals surface area (Å²) in [4.78, 5) is 31.0. The highest BCUT2D eigenvalue weighted by atomic mass is 32.2. The molecule has 35 heavy (non-hydrogen) atoms. The standard InChI is InChI=1S/C25H32N4O4S2/c1-6-14-29(15-7-2)35(32,33)19-11-9-18(10-12-19)23(30)26-24-22(25(31)27(4)5)20-13-16-28(8-3)17-21(20)34-24/h6-7,9-12H,1-2,8,13-17H2,3-5H3,(H,26,30). The number of nitrogens with one attached hydrogen (secondary N) is 1. The molecule has 0 unspecified atom stereocenters. The summed E-state index contributed by atoms with van der Waals surface area (Å²) in [7, 11) is -0.368. The lowest BCUT2D eigenvalue weighted by Crippen LogP contribution is -2.31. The van der Waals surface area contributed by atoms with Crippen molar-refractivity contribution in [3.05, 3.63) is 71.1 Å². The van der Waals surface area contributed by atoms with Gasteiger partial charge >= 0.3 is 0 Å². The first kappa shape index (κ1) is 26.8. The molecule has 0 saturated heterocycles. The van der Waals surface area contributed by atoms with Crippen LogP contribution in [0, 0.1) is 0 Å². The Bertz CT molecular complexity index is 1210. The second kappa shape index (κ2) is 11.3. The molecule has 188 valence electrons. The van der Waals surface area contributed by atoms with Gasteiger partial charge in [0.15, 0.2) is 0 Å². The second-order valence-corrected chi connectivity index (χ2v) is 11.4. The zero-order valence-corrected chi connectivity index (χ0v) is 22.0. The van der Waals surface area contributed by atoms with E-state index in [1.807, 2.05) is 0 Å². The fourth-order valence-corrected chi connectivity index (χ4v) is 6.58. The van der Waals surface area contributed by atoms with Crippen LogP contribution < -0.4 is 5.32 Å². The number of hydrogen-bond acceptors (Lipinski definition) is 6. The molecular formula is C25H32N4O4S2. The quantitative estimate of drug-likeness (QED) is 0.489. The predicted molar refractivity (Wildman–Crippen MR) is 141 cm³/mol. The van der Waals surface area contributed by atoms with Crippen LogP contribution in [0.1, 0.15) is 38.1 Å². The van der Waals surface area contributed by atoms with Gasteiger partial charge in [-0.15, -0.1) is 24.5 Å². The smallest absolute Gasteiger partial charge is 0.256 e. The fourth-order valence-electron chi connectivity index (χ4n) is 3.93. The summed E-state index contributed by atoms with van der Waals surface area (Å²) in [5.41, 5.74) is 1.84. The average molecular weight is 517 g/mol. The third kappa shape index (κ3) is 5.72. The van der Waals surface area contributed by atoms with Crippen molar-refractivity contribution in [1.82, 2.24) is 14.1 Å². The topological polar surface area (TPSA) is 90.0 Å². The first-order valence-corrected chi connectivity index (χ1v) is 13.6. The van der Waals surface area contributed by atoms with Gasteiger partial charge in [-0.3, -0.25) is 14.5 Å². The van der Waals surface area contributed by atoms with E-state index in [2.05, 4.69) is 30.3 Å². The number of benzene rings is 1. The van der Waals surface area contributed by atoms with Gasteiger partial charge in [0.2, 0.25) is 10.0 Å². The number of fused-ring (bicyclic) bond motifs is 1. The lowest BCUT2D eigenvalue weighted by Gasteiger charge is -2.25. The molecule has 0 aliphatic carbocycles. The van der Waals surface area contributed by atoms with Crippen LogP contribution in [-0.4, -0.2) is 74.6 Å². The number of thiophene rings is 1. The number of likely N-dealkylation sites (N-methyl/N-ethyl adjacent to an activating group) is 1. The molecule has 2 aromatic rings. The van der Waals surface area contributed by atoms with Crippen molar-refractivity contribution in [1.29, 1.82) is 0 Å². The van der Waals surface area contributed by atoms with E-state index in [1.54, 1.807) is 14.1 Å². The van der Waals surface area contributed by atoms with E-state index >= 15 is 0 Å². The Morgan fingerprint density at radius 3 is 2.31 bits per heavy atom. The van der Waals surface area contributed by atoms with Crippen LogP contribution in [0.25, 0.3) is 0 Å². The van der Waals surface area contributed by atoms with Crippen LogP contribution in [0.5, 0.6) is 0 Å². The summed E-state index contributed by atoms with van der Waals surface area (Å²) in [5, 5.41) is 3.43. The number of nitrogens with zero attached hydrogens (tertiary/aromatic N) is 3. The third-order valence-corrected chi connectivity index (χ3v) is 8.83. The number of anilines is 1. The summed E-state index contributed by atoms with van der Waals surface area (Å²) in [6.45, 7) is 12.2. The predicted octanol–water partition coefficient (Wildman–Crippen LogP) is 3.44. The van der Waals surface area contributed by atoms with Crippen molar-refractivity contribution in [2.75, 3.05) is 45.6 Å². The molecule has 1 aromatic heterocycles. The first-order valence-electron chi connectivity index (χ1n) is 11.4. The van der Waals surface area contributed by atoms with Crippen molar-refractivity contribution in [3.63, 3.8) is 0 Å². The Balaban J connectivity index is 1.87. The van der Waals surface area contributed by atoms with Gasteiger partial charge in [-0.2, -0.15) is 4.31 Å². The minimum absolute atomic E-state index is 0.0764. The maximum absolute atomic E-state index is 13.1. The zero-order chi connectivity index (χ0) is 25.8. The summed E-state index contributed by atoms with van der Waals surface area (Å²) in [6, 6.07) is 5.77.